The molecule has 0 aliphatic rings. The second kappa shape index (κ2) is 6.79. The van der Waals surface area contributed by atoms with E-state index in [2.05, 4.69) is 15.3 Å². The average Bonchev–Trinajstić information content (AvgIpc) is 2.65. The van der Waals surface area contributed by atoms with Gasteiger partial charge in [0.1, 0.15) is 11.4 Å². The summed E-state index contributed by atoms with van der Waals surface area (Å²) in [6, 6.07) is 21.0. The van der Waals surface area contributed by atoms with Crippen LogP contribution in [0.3, 0.4) is 0 Å². The number of aromatic nitrogens is 2. The monoisotopic (exact) mass is 347 g/mol. The highest BCUT2D eigenvalue weighted by atomic mass is 35.5. The molecule has 2 heterocycles. The van der Waals surface area contributed by atoms with Crippen LogP contribution in [0.15, 0.2) is 79.1 Å². The molecule has 5 heteroatoms. The van der Waals surface area contributed by atoms with Gasteiger partial charge in [-0.1, -0.05) is 29.8 Å². The maximum absolute atomic E-state index is 5.91. The number of rotatable bonds is 4. The molecule has 0 saturated heterocycles. The van der Waals surface area contributed by atoms with Crippen LogP contribution in [0.2, 0.25) is 5.02 Å². The number of fused-ring (bicyclic) bond motifs is 1. The van der Waals surface area contributed by atoms with Gasteiger partial charge in [0.05, 0.1) is 17.4 Å². The quantitative estimate of drug-likeness (QED) is 0.505. The second-order valence-corrected chi connectivity index (χ2v) is 5.89. The third-order valence-corrected chi connectivity index (χ3v) is 3.92. The first-order valence-electron chi connectivity index (χ1n) is 7.78. The number of nitrogens with zero attached hydrogens (tertiary/aromatic N) is 2. The highest BCUT2D eigenvalue weighted by molar-refractivity contribution is 6.30. The molecular formula is C20H14ClN3O. The molecule has 2 aromatic carbocycles. The minimum absolute atomic E-state index is 0.484. The zero-order valence-corrected chi connectivity index (χ0v) is 13.9. The number of anilines is 2. The molecule has 0 radical (unpaired) electrons. The van der Waals surface area contributed by atoms with E-state index in [4.69, 9.17) is 16.3 Å². The van der Waals surface area contributed by atoms with Crippen LogP contribution in [0.5, 0.6) is 11.6 Å². The molecule has 2 aromatic heterocycles. The van der Waals surface area contributed by atoms with Gasteiger partial charge in [0, 0.05) is 16.6 Å². The lowest BCUT2D eigenvalue weighted by Crippen LogP contribution is -1.97. The lowest BCUT2D eigenvalue weighted by molar-refractivity contribution is 0.465. The van der Waals surface area contributed by atoms with E-state index in [0.717, 1.165) is 22.3 Å². The van der Waals surface area contributed by atoms with Gasteiger partial charge in [0.25, 0.3) is 0 Å². The fourth-order valence-electron chi connectivity index (χ4n) is 2.48. The van der Waals surface area contributed by atoms with Gasteiger partial charge in [0.2, 0.25) is 5.88 Å². The van der Waals surface area contributed by atoms with Crippen molar-refractivity contribution in [3.8, 4) is 11.6 Å². The van der Waals surface area contributed by atoms with Gasteiger partial charge in [-0.15, -0.1) is 0 Å². The van der Waals surface area contributed by atoms with Crippen LogP contribution >= 0.6 is 11.6 Å². The molecule has 4 rings (SSSR count). The number of ether oxygens (including phenoxy) is 1. The van der Waals surface area contributed by atoms with Crippen LogP contribution in [-0.4, -0.2) is 9.97 Å². The van der Waals surface area contributed by atoms with Crippen molar-refractivity contribution < 1.29 is 4.74 Å². The Morgan fingerprint density at radius 2 is 1.72 bits per heavy atom. The molecule has 0 bridgehead atoms. The Hall–Kier alpha value is -3.11. The molecule has 122 valence electrons. The van der Waals surface area contributed by atoms with E-state index >= 15 is 0 Å². The molecule has 0 saturated carbocycles. The zero-order chi connectivity index (χ0) is 17.1. The van der Waals surface area contributed by atoms with Gasteiger partial charge in [-0.25, -0.2) is 4.98 Å². The van der Waals surface area contributed by atoms with Crippen molar-refractivity contribution >= 4 is 33.9 Å². The van der Waals surface area contributed by atoms with Gasteiger partial charge in [-0.3, -0.25) is 4.98 Å². The van der Waals surface area contributed by atoms with Gasteiger partial charge in [-0.2, -0.15) is 0 Å². The Balaban J connectivity index is 1.62. The van der Waals surface area contributed by atoms with Crippen LogP contribution in [0, 0.1) is 0 Å². The van der Waals surface area contributed by atoms with Crippen molar-refractivity contribution in [2.75, 3.05) is 5.32 Å². The molecular weight excluding hydrogens is 334 g/mol. The topological polar surface area (TPSA) is 47.0 Å². The van der Waals surface area contributed by atoms with E-state index in [1.165, 1.54) is 0 Å². The Bertz CT molecular complexity index is 1020. The lowest BCUT2D eigenvalue weighted by atomic mass is 10.2. The van der Waals surface area contributed by atoms with Crippen molar-refractivity contribution in [1.29, 1.82) is 0 Å². The lowest BCUT2D eigenvalue weighted by Gasteiger charge is -2.12. The number of hydrogen-bond acceptors (Lipinski definition) is 4. The number of nitrogens with one attached hydrogen (secondary N) is 1. The van der Waals surface area contributed by atoms with Gasteiger partial charge < -0.3 is 10.1 Å². The van der Waals surface area contributed by atoms with Crippen molar-refractivity contribution in [2.45, 2.75) is 0 Å². The first-order chi connectivity index (χ1) is 12.3. The van der Waals surface area contributed by atoms with Crippen LogP contribution in [0.4, 0.5) is 11.4 Å². The minimum Gasteiger partial charge on any atom is -0.437 e. The summed E-state index contributed by atoms with van der Waals surface area (Å²) in [7, 11) is 0. The molecule has 4 aromatic rings. The van der Waals surface area contributed by atoms with Gasteiger partial charge in [-0.05, 0) is 48.5 Å². The molecule has 0 spiro atoms. The molecule has 0 unspecified atom stereocenters. The predicted octanol–water partition coefficient (Wildman–Crippen LogP) is 5.82. The van der Waals surface area contributed by atoms with Crippen molar-refractivity contribution in [2.24, 2.45) is 0 Å². The molecule has 0 fully saturated rings. The van der Waals surface area contributed by atoms with E-state index in [1.54, 1.807) is 36.7 Å². The highest BCUT2D eigenvalue weighted by Gasteiger charge is 2.07. The average molecular weight is 348 g/mol. The smallest absolute Gasteiger partial charge is 0.243 e. The summed E-state index contributed by atoms with van der Waals surface area (Å²) in [4.78, 5) is 8.78. The van der Waals surface area contributed by atoms with Gasteiger partial charge in [0.15, 0.2) is 0 Å². The Kier molecular flexibility index (Phi) is 4.19. The SMILES string of the molecule is Clc1ccc(Oc2ncccc2Nc2cnc3ccccc3c2)cc1. The Labute approximate surface area is 150 Å². The first-order valence-corrected chi connectivity index (χ1v) is 8.16. The summed E-state index contributed by atoms with van der Waals surface area (Å²) < 4.78 is 5.87. The predicted molar refractivity (Wildman–Crippen MR) is 101 cm³/mol. The Morgan fingerprint density at radius 1 is 0.880 bits per heavy atom. The molecule has 0 amide bonds. The number of para-hydroxylation sites is 1. The van der Waals surface area contributed by atoms with E-state index in [-0.39, 0.29) is 0 Å². The summed E-state index contributed by atoms with van der Waals surface area (Å²) in [6.45, 7) is 0. The van der Waals surface area contributed by atoms with E-state index in [9.17, 15) is 0 Å². The zero-order valence-electron chi connectivity index (χ0n) is 13.2. The highest BCUT2D eigenvalue weighted by Crippen LogP contribution is 2.30. The van der Waals surface area contributed by atoms with Crippen LogP contribution in [0.1, 0.15) is 0 Å². The summed E-state index contributed by atoms with van der Waals surface area (Å²) in [6.07, 6.45) is 3.48. The van der Waals surface area contributed by atoms with Gasteiger partial charge >= 0.3 is 0 Å². The van der Waals surface area contributed by atoms with Crippen molar-refractivity contribution in [3.63, 3.8) is 0 Å². The summed E-state index contributed by atoms with van der Waals surface area (Å²) in [5.74, 6) is 1.15. The van der Waals surface area contributed by atoms with E-state index in [0.29, 0.717) is 16.7 Å². The third-order valence-electron chi connectivity index (χ3n) is 3.67. The molecule has 0 aliphatic carbocycles. The number of hydrogen-bond donors (Lipinski definition) is 1. The fraction of sp³-hybridized carbons (Fsp3) is 0. The first kappa shape index (κ1) is 15.4. The maximum Gasteiger partial charge on any atom is 0.243 e. The van der Waals surface area contributed by atoms with E-state index in [1.807, 2.05) is 42.5 Å². The summed E-state index contributed by atoms with van der Waals surface area (Å²) in [5.41, 5.74) is 2.58. The van der Waals surface area contributed by atoms with Crippen molar-refractivity contribution in [1.82, 2.24) is 9.97 Å². The number of pyridine rings is 2. The normalized spacial score (nSPS) is 10.6. The Morgan fingerprint density at radius 3 is 2.60 bits per heavy atom. The molecule has 0 aliphatic heterocycles. The summed E-state index contributed by atoms with van der Waals surface area (Å²) in [5, 5.41) is 5.05. The van der Waals surface area contributed by atoms with Crippen LogP contribution in [-0.2, 0) is 0 Å². The van der Waals surface area contributed by atoms with E-state index < -0.39 is 0 Å². The van der Waals surface area contributed by atoms with Crippen molar-refractivity contribution in [3.05, 3.63) is 84.1 Å². The largest absolute Gasteiger partial charge is 0.437 e. The minimum atomic E-state index is 0.484. The number of halogens is 1. The molecule has 4 nitrogen and oxygen atoms in total. The fourth-order valence-corrected chi connectivity index (χ4v) is 2.60. The van der Waals surface area contributed by atoms with Crippen LogP contribution in [0.25, 0.3) is 10.9 Å². The maximum atomic E-state index is 5.91. The third kappa shape index (κ3) is 3.54. The molecule has 0 atom stereocenters. The summed E-state index contributed by atoms with van der Waals surface area (Å²) >= 11 is 5.91. The standard InChI is InChI=1S/C20H14ClN3O/c21-15-7-9-17(10-8-15)25-20-19(6-3-11-22-20)24-16-12-14-4-1-2-5-18(14)23-13-16/h1-13,24H. The molecule has 1 N–H and O–H groups in total. The molecule has 25 heavy (non-hydrogen) atoms. The number of benzene rings is 2. The van der Waals surface area contributed by atoms with Crippen LogP contribution < -0.4 is 10.1 Å². The second-order valence-electron chi connectivity index (χ2n) is 5.45.